The lowest BCUT2D eigenvalue weighted by Crippen LogP contribution is -2.46. The molecule has 2 N–H and O–H groups in total. The molecule has 2 heterocycles. The second kappa shape index (κ2) is 5.13. The molecule has 3 nitrogen and oxygen atoms in total. The average molecular weight is 292 g/mol. The minimum Gasteiger partial charge on any atom is -0.392 e. The van der Waals surface area contributed by atoms with E-state index in [0.717, 1.165) is 25.8 Å². The van der Waals surface area contributed by atoms with Crippen LogP contribution in [-0.4, -0.2) is 33.6 Å². The first-order valence-corrected chi connectivity index (χ1v) is 7.80. The molecule has 1 saturated heterocycles. The zero-order valence-corrected chi connectivity index (χ0v) is 12.2. The molecule has 1 amide bonds. The van der Waals surface area contributed by atoms with Crippen LogP contribution in [0.4, 0.5) is 0 Å². The van der Waals surface area contributed by atoms with Gasteiger partial charge in [-0.05, 0) is 30.9 Å². The van der Waals surface area contributed by atoms with E-state index >= 15 is 0 Å². The van der Waals surface area contributed by atoms with Gasteiger partial charge in [-0.1, -0.05) is 30.4 Å². The van der Waals surface area contributed by atoms with Crippen LogP contribution in [0.2, 0.25) is 0 Å². The molecule has 2 aliphatic heterocycles. The number of benzene rings is 1. The lowest BCUT2D eigenvalue weighted by atomic mass is 10.1. The maximum Gasteiger partial charge on any atom is 0.236 e. The van der Waals surface area contributed by atoms with E-state index in [1.54, 1.807) is 11.8 Å². The van der Waals surface area contributed by atoms with Crippen LogP contribution < -0.4 is 5.73 Å². The highest BCUT2D eigenvalue weighted by Crippen LogP contribution is 2.38. The van der Waals surface area contributed by atoms with Crippen LogP contribution in [0.5, 0.6) is 0 Å². The van der Waals surface area contributed by atoms with E-state index in [4.69, 9.17) is 18.0 Å². The first kappa shape index (κ1) is 12.9. The van der Waals surface area contributed by atoms with Gasteiger partial charge >= 0.3 is 0 Å². The zero-order chi connectivity index (χ0) is 13.4. The standard InChI is InChI=1S/C14H16N2OS2/c15-13(18)10-5-3-7-16(10)14(17)12-8-9-4-1-2-6-11(9)19-12/h1-2,4,6,10,12H,3,5,7-8H2,(H2,15,18). The molecule has 5 heteroatoms. The van der Waals surface area contributed by atoms with Gasteiger partial charge in [0.1, 0.15) is 0 Å². The quantitative estimate of drug-likeness (QED) is 0.847. The van der Waals surface area contributed by atoms with Crippen molar-refractivity contribution < 1.29 is 4.79 Å². The fourth-order valence-electron chi connectivity index (χ4n) is 2.83. The van der Waals surface area contributed by atoms with Crippen molar-refractivity contribution in [3.05, 3.63) is 29.8 Å². The maximum atomic E-state index is 12.6. The number of amides is 1. The zero-order valence-electron chi connectivity index (χ0n) is 10.5. The number of rotatable bonds is 2. The van der Waals surface area contributed by atoms with Gasteiger partial charge in [0, 0.05) is 11.4 Å². The molecule has 1 fully saturated rings. The third-order valence-electron chi connectivity index (χ3n) is 3.79. The van der Waals surface area contributed by atoms with Gasteiger partial charge in [0.2, 0.25) is 5.91 Å². The Labute approximate surface area is 122 Å². The predicted octanol–water partition coefficient (Wildman–Crippen LogP) is 1.98. The summed E-state index contributed by atoms with van der Waals surface area (Å²) < 4.78 is 0. The van der Waals surface area contributed by atoms with Crippen molar-refractivity contribution in [3.8, 4) is 0 Å². The molecule has 100 valence electrons. The van der Waals surface area contributed by atoms with Crippen LogP contribution in [0.3, 0.4) is 0 Å². The monoisotopic (exact) mass is 292 g/mol. The van der Waals surface area contributed by atoms with Gasteiger partial charge in [0.15, 0.2) is 0 Å². The van der Waals surface area contributed by atoms with Gasteiger partial charge in [0.05, 0.1) is 16.3 Å². The molecule has 2 aliphatic rings. The van der Waals surface area contributed by atoms with Crippen molar-refractivity contribution in [3.63, 3.8) is 0 Å². The fourth-order valence-corrected chi connectivity index (χ4v) is 4.34. The van der Waals surface area contributed by atoms with Gasteiger partial charge in [0.25, 0.3) is 0 Å². The van der Waals surface area contributed by atoms with E-state index < -0.39 is 0 Å². The number of thioether (sulfide) groups is 1. The summed E-state index contributed by atoms with van der Waals surface area (Å²) in [7, 11) is 0. The summed E-state index contributed by atoms with van der Waals surface area (Å²) >= 11 is 6.74. The maximum absolute atomic E-state index is 12.6. The van der Waals surface area contributed by atoms with Crippen LogP contribution in [0.15, 0.2) is 29.2 Å². The molecule has 0 spiro atoms. The van der Waals surface area contributed by atoms with Crippen molar-refractivity contribution in [1.29, 1.82) is 0 Å². The number of thiocarbonyl (C=S) groups is 1. The number of nitrogens with two attached hydrogens (primary N) is 1. The van der Waals surface area contributed by atoms with Crippen LogP contribution in [-0.2, 0) is 11.2 Å². The van der Waals surface area contributed by atoms with Crippen molar-refractivity contribution in [2.24, 2.45) is 5.73 Å². The largest absolute Gasteiger partial charge is 0.392 e. The fraction of sp³-hybridized carbons (Fsp3) is 0.429. The van der Waals surface area contributed by atoms with Gasteiger partial charge < -0.3 is 10.6 Å². The molecule has 0 aliphatic carbocycles. The summed E-state index contributed by atoms with van der Waals surface area (Å²) in [6.45, 7) is 0.786. The molecule has 2 atom stereocenters. The summed E-state index contributed by atoms with van der Waals surface area (Å²) in [5.41, 5.74) is 7.01. The first-order chi connectivity index (χ1) is 9.16. The van der Waals surface area contributed by atoms with E-state index in [1.807, 2.05) is 17.0 Å². The number of likely N-dealkylation sites (tertiary alicyclic amines) is 1. The number of hydrogen-bond acceptors (Lipinski definition) is 3. The summed E-state index contributed by atoms with van der Waals surface area (Å²) in [4.78, 5) is 16.2. The van der Waals surface area contributed by atoms with E-state index in [1.165, 1.54) is 10.5 Å². The Morgan fingerprint density at radius 3 is 2.95 bits per heavy atom. The second-order valence-corrected chi connectivity index (χ2v) is 6.73. The van der Waals surface area contributed by atoms with Gasteiger partial charge in [-0.25, -0.2) is 0 Å². The second-order valence-electron chi connectivity index (χ2n) is 5.01. The summed E-state index contributed by atoms with van der Waals surface area (Å²) in [5.74, 6) is 0.191. The third kappa shape index (κ3) is 2.37. The first-order valence-electron chi connectivity index (χ1n) is 6.51. The Hall–Kier alpha value is -1.07. The Morgan fingerprint density at radius 2 is 2.21 bits per heavy atom. The Morgan fingerprint density at radius 1 is 1.42 bits per heavy atom. The van der Waals surface area contributed by atoms with Crippen LogP contribution in [0.1, 0.15) is 18.4 Å². The van der Waals surface area contributed by atoms with Crippen LogP contribution >= 0.6 is 24.0 Å². The van der Waals surface area contributed by atoms with E-state index in [2.05, 4.69) is 12.1 Å². The molecule has 3 rings (SSSR count). The average Bonchev–Trinajstić information content (AvgIpc) is 3.04. The summed E-state index contributed by atoms with van der Waals surface area (Å²) in [6.07, 6.45) is 2.73. The molecular formula is C14H16N2OS2. The van der Waals surface area contributed by atoms with Crippen molar-refractivity contribution in [2.45, 2.75) is 35.4 Å². The Bertz CT molecular complexity index is 507. The lowest BCUT2D eigenvalue weighted by molar-refractivity contribution is -0.130. The molecule has 0 bridgehead atoms. The third-order valence-corrected chi connectivity index (χ3v) is 5.36. The van der Waals surface area contributed by atoms with E-state index in [9.17, 15) is 4.79 Å². The highest BCUT2D eigenvalue weighted by Gasteiger charge is 2.37. The number of carbonyl (C=O) groups is 1. The summed E-state index contributed by atoms with van der Waals surface area (Å²) in [5, 5.41) is -0.00708. The highest BCUT2D eigenvalue weighted by atomic mass is 32.2. The van der Waals surface area contributed by atoms with Gasteiger partial charge in [-0.3, -0.25) is 4.79 Å². The predicted molar refractivity (Wildman–Crippen MR) is 81.3 cm³/mol. The highest BCUT2D eigenvalue weighted by molar-refractivity contribution is 8.01. The van der Waals surface area contributed by atoms with Crippen LogP contribution in [0, 0.1) is 0 Å². The number of hydrogen-bond donors (Lipinski definition) is 1. The molecule has 2 unspecified atom stereocenters. The molecular weight excluding hydrogens is 276 g/mol. The molecule has 0 saturated carbocycles. The minimum absolute atomic E-state index is 0.00708. The van der Waals surface area contributed by atoms with Gasteiger partial charge in [-0.15, -0.1) is 11.8 Å². The lowest BCUT2D eigenvalue weighted by Gasteiger charge is -2.26. The molecule has 1 aromatic carbocycles. The Balaban J connectivity index is 1.74. The normalized spacial score (nSPS) is 25.4. The molecule has 1 aromatic rings. The van der Waals surface area contributed by atoms with E-state index in [-0.39, 0.29) is 17.2 Å². The van der Waals surface area contributed by atoms with Crippen LogP contribution in [0.25, 0.3) is 0 Å². The topological polar surface area (TPSA) is 46.3 Å². The van der Waals surface area contributed by atoms with Crippen molar-refractivity contribution in [2.75, 3.05) is 6.54 Å². The smallest absolute Gasteiger partial charge is 0.236 e. The number of fused-ring (bicyclic) bond motifs is 1. The molecule has 0 radical (unpaired) electrons. The number of carbonyl (C=O) groups excluding carboxylic acids is 1. The van der Waals surface area contributed by atoms with Gasteiger partial charge in [-0.2, -0.15) is 0 Å². The molecule has 0 aromatic heterocycles. The minimum atomic E-state index is -0.0354. The summed E-state index contributed by atoms with van der Waals surface area (Å²) in [6, 6.07) is 8.20. The van der Waals surface area contributed by atoms with E-state index in [0.29, 0.717) is 4.99 Å². The van der Waals surface area contributed by atoms with Crippen molar-refractivity contribution in [1.82, 2.24) is 4.90 Å². The number of nitrogens with zero attached hydrogens (tertiary/aromatic N) is 1. The van der Waals surface area contributed by atoms with Crippen molar-refractivity contribution >= 4 is 34.9 Å². The Kier molecular flexibility index (Phi) is 3.50. The SMILES string of the molecule is NC(=S)C1CCCN1C(=O)C1Cc2ccccc2S1. The molecule has 19 heavy (non-hydrogen) atoms.